The fraction of sp³-hybridized carbons (Fsp3) is 0.500. The van der Waals surface area contributed by atoms with Gasteiger partial charge in [0.05, 0.1) is 5.92 Å². The standard InChI is InChI=1S/C14H19NO2/c1-3-9(2)11-8-15-12-7-5-4-6-10(12)13(11)14(16)17/h4-7,9,11,13,15H,3,8H2,1-2H3,(H,16,17). The van der Waals surface area contributed by atoms with Crippen molar-refractivity contribution in [3.8, 4) is 0 Å². The van der Waals surface area contributed by atoms with Gasteiger partial charge in [-0.3, -0.25) is 4.79 Å². The highest BCUT2D eigenvalue weighted by Gasteiger charge is 2.37. The fourth-order valence-corrected chi connectivity index (χ4v) is 2.65. The summed E-state index contributed by atoms with van der Waals surface area (Å²) in [6.07, 6.45) is 1.01. The van der Waals surface area contributed by atoms with E-state index < -0.39 is 5.97 Å². The van der Waals surface area contributed by atoms with E-state index in [2.05, 4.69) is 19.2 Å². The molecular weight excluding hydrogens is 214 g/mol. The summed E-state index contributed by atoms with van der Waals surface area (Å²) in [6.45, 7) is 5.00. The van der Waals surface area contributed by atoms with Gasteiger partial charge in [-0.2, -0.15) is 0 Å². The van der Waals surface area contributed by atoms with Gasteiger partial charge in [-0.25, -0.2) is 0 Å². The first-order chi connectivity index (χ1) is 8.15. The van der Waals surface area contributed by atoms with Crippen molar-refractivity contribution in [1.82, 2.24) is 0 Å². The van der Waals surface area contributed by atoms with Gasteiger partial charge in [-0.1, -0.05) is 38.5 Å². The van der Waals surface area contributed by atoms with Crippen molar-refractivity contribution in [2.45, 2.75) is 26.2 Å². The molecule has 1 aromatic carbocycles. The first-order valence-electron chi connectivity index (χ1n) is 6.20. The Balaban J connectivity index is 2.39. The van der Waals surface area contributed by atoms with Crippen LogP contribution in [0.1, 0.15) is 31.7 Å². The van der Waals surface area contributed by atoms with Crippen LogP contribution < -0.4 is 5.32 Å². The number of aliphatic carboxylic acids is 1. The number of nitrogens with one attached hydrogen (secondary N) is 1. The molecule has 2 rings (SSSR count). The zero-order valence-electron chi connectivity index (χ0n) is 10.3. The number of carboxylic acids is 1. The number of hydrogen-bond donors (Lipinski definition) is 2. The highest BCUT2D eigenvalue weighted by Crippen LogP contribution is 2.39. The number of carbonyl (C=O) groups is 1. The van der Waals surface area contributed by atoms with Crippen molar-refractivity contribution in [2.75, 3.05) is 11.9 Å². The van der Waals surface area contributed by atoms with Crippen molar-refractivity contribution in [2.24, 2.45) is 11.8 Å². The van der Waals surface area contributed by atoms with Crippen LogP contribution in [0.3, 0.4) is 0 Å². The van der Waals surface area contributed by atoms with Crippen LogP contribution in [0.25, 0.3) is 0 Å². The van der Waals surface area contributed by atoms with Crippen LogP contribution in [-0.2, 0) is 4.79 Å². The second kappa shape index (κ2) is 4.78. The lowest BCUT2D eigenvalue weighted by molar-refractivity contribution is -0.140. The molecule has 0 saturated heterocycles. The third kappa shape index (κ3) is 2.14. The van der Waals surface area contributed by atoms with Gasteiger partial charge in [-0.05, 0) is 23.5 Å². The number of fused-ring (bicyclic) bond motifs is 1. The first-order valence-corrected chi connectivity index (χ1v) is 6.20. The van der Waals surface area contributed by atoms with Gasteiger partial charge in [0.15, 0.2) is 0 Å². The maximum absolute atomic E-state index is 11.5. The Morgan fingerprint density at radius 3 is 2.88 bits per heavy atom. The minimum Gasteiger partial charge on any atom is -0.481 e. The Morgan fingerprint density at radius 2 is 2.24 bits per heavy atom. The maximum atomic E-state index is 11.5. The first kappa shape index (κ1) is 12.0. The zero-order chi connectivity index (χ0) is 12.4. The second-order valence-corrected chi connectivity index (χ2v) is 4.83. The number of rotatable bonds is 3. The maximum Gasteiger partial charge on any atom is 0.311 e. The van der Waals surface area contributed by atoms with Crippen molar-refractivity contribution < 1.29 is 9.90 Å². The van der Waals surface area contributed by atoms with E-state index in [0.29, 0.717) is 5.92 Å². The quantitative estimate of drug-likeness (QED) is 0.844. The average Bonchev–Trinajstić information content (AvgIpc) is 2.36. The molecule has 3 heteroatoms. The molecule has 1 aromatic rings. The smallest absolute Gasteiger partial charge is 0.311 e. The van der Waals surface area contributed by atoms with Gasteiger partial charge in [0.25, 0.3) is 0 Å². The molecule has 0 saturated carbocycles. The highest BCUT2D eigenvalue weighted by molar-refractivity contribution is 5.80. The van der Waals surface area contributed by atoms with E-state index in [9.17, 15) is 9.90 Å². The summed E-state index contributed by atoms with van der Waals surface area (Å²) in [5, 5.41) is 12.8. The van der Waals surface area contributed by atoms with Crippen LogP contribution in [-0.4, -0.2) is 17.6 Å². The number of benzene rings is 1. The Labute approximate surface area is 102 Å². The molecule has 0 aromatic heterocycles. The summed E-state index contributed by atoms with van der Waals surface area (Å²) in [4.78, 5) is 11.5. The molecule has 2 N–H and O–H groups in total. The highest BCUT2D eigenvalue weighted by atomic mass is 16.4. The topological polar surface area (TPSA) is 49.3 Å². The Morgan fingerprint density at radius 1 is 1.53 bits per heavy atom. The van der Waals surface area contributed by atoms with Crippen molar-refractivity contribution >= 4 is 11.7 Å². The van der Waals surface area contributed by atoms with Gasteiger partial charge in [0.2, 0.25) is 0 Å². The van der Waals surface area contributed by atoms with Crippen molar-refractivity contribution in [3.63, 3.8) is 0 Å². The molecule has 0 amide bonds. The van der Waals surface area contributed by atoms with Crippen LogP contribution >= 0.6 is 0 Å². The molecule has 1 heterocycles. The summed E-state index contributed by atoms with van der Waals surface area (Å²) >= 11 is 0. The summed E-state index contributed by atoms with van der Waals surface area (Å²) < 4.78 is 0. The van der Waals surface area contributed by atoms with Crippen LogP contribution in [0.5, 0.6) is 0 Å². The Hall–Kier alpha value is -1.51. The molecule has 3 unspecified atom stereocenters. The third-order valence-corrected chi connectivity index (χ3v) is 3.89. The van der Waals surface area contributed by atoms with Gasteiger partial charge >= 0.3 is 5.97 Å². The normalized spacial score (nSPS) is 24.6. The molecule has 0 radical (unpaired) electrons. The lowest BCUT2D eigenvalue weighted by Crippen LogP contribution is -2.36. The van der Waals surface area contributed by atoms with Crippen LogP contribution in [0.4, 0.5) is 5.69 Å². The molecule has 1 aliphatic rings. The largest absolute Gasteiger partial charge is 0.481 e. The van der Waals surface area contributed by atoms with Gasteiger partial charge in [0.1, 0.15) is 0 Å². The van der Waals surface area contributed by atoms with Crippen molar-refractivity contribution in [3.05, 3.63) is 29.8 Å². The predicted molar refractivity (Wildman–Crippen MR) is 68.3 cm³/mol. The summed E-state index contributed by atoms with van der Waals surface area (Å²) in [5.74, 6) is -0.490. The van der Waals surface area contributed by atoms with E-state index in [1.807, 2.05) is 24.3 Å². The van der Waals surface area contributed by atoms with E-state index in [1.165, 1.54) is 0 Å². The summed E-state index contributed by atoms with van der Waals surface area (Å²) in [6, 6.07) is 7.73. The fourth-order valence-electron chi connectivity index (χ4n) is 2.65. The number of carboxylic acid groups (broad SMARTS) is 1. The van der Waals surface area contributed by atoms with Gasteiger partial charge < -0.3 is 10.4 Å². The van der Waals surface area contributed by atoms with E-state index in [4.69, 9.17) is 0 Å². The molecule has 3 nitrogen and oxygen atoms in total. The number of para-hydroxylation sites is 1. The SMILES string of the molecule is CCC(C)C1CNc2ccccc2C1C(=O)O. The van der Waals surface area contributed by atoms with Gasteiger partial charge in [-0.15, -0.1) is 0 Å². The second-order valence-electron chi connectivity index (χ2n) is 4.83. The number of anilines is 1. The number of hydrogen-bond acceptors (Lipinski definition) is 2. The molecule has 92 valence electrons. The van der Waals surface area contributed by atoms with Gasteiger partial charge in [0, 0.05) is 12.2 Å². The minimum absolute atomic E-state index is 0.174. The molecule has 0 fully saturated rings. The van der Waals surface area contributed by atoms with Crippen LogP contribution in [0, 0.1) is 11.8 Å². The molecule has 1 aliphatic heterocycles. The van der Waals surface area contributed by atoms with E-state index in [1.54, 1.807) is 0 Å². The Kier molecular flexibility index (Phi) is 3.36. The molecule has 0 spiro atoms. The molecular formula is C14H19NO2. The predicted octanol–water partition coefficient (Wildman–Crippen LogP) is 2.94. The monoisotopic (exact) mass is 233 g/mol. The van der Waals surface area contributed by atoms with Crippen LogP contribution in [0.2, 0.25) is 0 Å². The molecule has 17 heavy (non-hydrogen) atoms. The third-order valence-electron chi connectivity index (χ3n) is 3.89. The van der Waals surface area contributed by atoms with Crippen LogP contribution in [0.15, 0.2) is 24.3 Å². The lowest BCUT2D eigenvalue weighted by atomic mass is 9.75. The minimum atomic E-state index is -0.704. The zero-order valence-corrected chi connectivity index (χ0v) is 10.3. The summed E-state index contributed by atoms with van der Waals surface area (Å²) in [5.41, 5.74) is 1.90. The van der Waals surface area contributed by atoms with Crippen molar-refractivity contribution in [1.29, 1.82) is 0 Å². The molecule has 0 aliphatic carbocycles. The molecule has 3 atom stereocenters. The van der Waals surface area contributed by atoms with E-state index >= 15 is 0 Å². The lowest BCUT2D eigenvalue weighted by Gasteiger charge is -2.35. The molecule has 0 bridgehead atoms. The average molecular weight is 233 g/mol. The Bertz CT molecular complexity index is 416. The van der Waals surface area contributed by atoms with E-state index in [-0.39, 0.29) is 11.8 Å². The summed E-state index contributed by atoms with van der Waals surface area (Å²) in [7, 11) is 0. The van der Waals surface area contributed by atoms with E-state index in [0.717, 1.165) is 24.2 Å².